The van der Waals surface area contributed by atoms with Crippen molar-refractivity contribution in [1.82, 2.24) is 9.97 Å². The summed E-state index contributed by atoms with van der Waals surface area (Å²) in [6.45, 7) is 16.1. The molecule has 0 aliphatic carbocycles. The van der Waals surface area contributed by atoms with E-state index in [1.807, 2.05) is 13.8 Å². The van der Waals surface area contributed by atoms with Gasteiger partial charge in [-0.2, -0.15) is 0 Å². The molecule has 1 fully saturated rings. The molecule has 1 N–H and O–H groups in total. The first-order chi connectivity index (χ1) is 18.6. The number of hydrogen-bond acceptors (Lipinski definition) is 5. The van der Waals surface area contributed by atoms with E-state index in [2.05, 4.69) is 75.9 Å². The molecule has 0 spiro atoms. The van der Waals surface area contributed by atoms with Crippen LogP contribution in [0.2, 0.25) is 0 Å². The van der Waals surface area contributed by atoms with Gasteiger partial charge >= 0.3 is 5.97 Å². The number of nitrogens with zero attached hydrogens (tertiary/aromatic N) is 3. The van der Waals surface area contributed by atoms with Gasteiger partial charge in [-0.1, -0.05) is 58.0 Å². The number of aromatic nitrogens is 2. The first-order valence-corrected chi connectivity index (χ1v) is 14.3. The van der Waals surface area contributed by atoms with Crippen molar-refractivity contribution in [3.05, 3.63) is 69.9 Å². The Kier molecular flexibility index (Phi) is 8.63. The molecule has 1 aromatic heterocycles. The Bertz CT molecular complexity index is 1330. The lowest BCUT2D eigenvalue weighted by Crippen LogP contribution is -2.47. The summed E-state index contributed by atoms with van der Waals surface area (Å²) in [6, 6.07) is 12.8. The quantitative estimate of drug-likeness (QED) is 0.314. The summed E-state index contributed by atoms with van der Waals surface area (Å²) < 4.78 is 6.44. The summed E-state index contributed by atoms with van der Waals surface area (Å²) >= 11 is 0. The average Bonchev–Trinajstić information content (AvgIpc) is 2.92. The van der Waals surface area contributed by atoms with E-state index in [9.17, 15) is 9.90 Å². The van der Waals surface area contributed by atoms with E-state index >= 15 is 0 Å². The van der Waals surface area contributed by atoms with E-state index in [0.717, 1.165) is 59.8 Å². The standard InChI is InChI=1S/C33H43N3O3/c1-8-24-12-10-13-25(9-2)29(24)30-34-23(6)27(19-39-28-18-26(21(3)4)15-14-22(28)5)31(35-30)36-17-11-16-33(7,20-36)32(37)38/h10,12-15,18,21H,8-9,11,16-17,19-20H2,1-7H3,(H,37,38)/t33-/m1/s1. The number of benzene rings is 2. The topological polar surface area (TPSA) is 75.5 Å². The lowest BCUT2D eigenvalue weighted by Gasteiger charge is -2.39. The fourth-order valence-electron chi connectivity index (χ4n) is 5.53. The van der Waals surface area contributed by atoms with Gasteiger partial charge in [0.1, 0.15) is 18.2 Å². The minimum absolute atomic E-state index is 0.320. The Morgan fingerprint density at radius 1 is 1.10 bits per heavy atom. The van der Waals surface area contributed by atoms with Crippen molar-refractivity contribution >= 4 is 11.8 Å². The molecule has 0 radical (unpaired) electrons. The maximum absolute atomic E-state index is 12.2. The minimum atomic E-state index is -0.826. The Hall–Kier alpha value is -3.41. The van der Waals surface area contributed by atoms with Crippen molar-refractivity contribution < 1.29 is 14.6 Å². The molecule has 1 saturated heterocycles. The van der Waals surface area contributed by atoms with E-state index in [1.54, 1.807) is 0 Å². The number of hydrogen-bond donors (Lipinski definition) is 1. The van der Waals surface area contributed by atoms with Crippen molar-refractivity contribution in [2.75, 3.05) is 18.0 Å². The van der Waals surface area contributed by atoms with Crippen LogP contribution in [0.15, 0.2) is 36.4 Å². The second kappa shape index (κ2) is 11.8. The van der Waals surface area contributed by atoms with Crippen LogP contribution >= 0.6 is 0 Å². The number of carbonyl (C=O) groups is 1. The van der Waals surface area contributed by atoms with Gasteiger partial charge in [0, 0.05) is 18.7 Å². The van der Waals surface area contributed by atoms with Gasteiger partial charge < -0.3 is 14.7 Å². The number of carboxylic acid groups (broad SMARTS) is 1. The van der Waals surface area contributed by atoms with E-state index in [1.165, 1.54) is 16.7 Å². The first-order valence-electron chi connectivity index (χ1n) is 14.3. The largest absolute Gasteiger partial charge is 0.488 e. The summed E-state index contributed by atoms with van der Waals surface area (Å²) in [5.41, 5.74) is 6.80. The van der Waals surface area contributed by atoms with Crippen molar-refractivity contribution in [1.29, 1.82) is 0 Å². The third-order valence-corrected chi connectivity index (χ3v) is 8.18. The first kappa shape index (κ1) is 28.6. The number of anilines is 1. The summed E-state index contributed by atoms with van der Waals surface area (Å²) in [7, 11) is 0. The molecule has 39 heavy (non-hydrogen) atoms. The molecule has 1 aliphatic heterocycles. The van der Waals surface area contributed by atoms with Crippen molar-refractivity contribution in [2.45, 2.75) is 86.7 Å². The molecule has 1 aliphatic rings. The molecule has 0 unspecified atom stereocenters. The van der Waals surface area contributed by atoms with E-state index in [-0.39, 0.29) is 0 Å². The maximum atomic E-state index is 12.2. The Labute approximate surface area is 233 Å². The molecule has 1 atom stereocenters. The lowest BCUT2D eigenvalue weighted by molar-refractivity contribution is -0.148. The van der Waals surface area contributed by atoms with Crippen molar-refractivity contribution in [2.24, 2.45) is 5.41 Å². The summed E-state index contributed by atoms with van der Waals surface area (Å²) in [5, 5.41) is 10.0. The number of rotatable bonds is 9. The van der Waals surface area contributed by atoms with Gasteiger partial charge in [-0.3, -0.25) is 4.79 Å². The Balaban J connectivity index is 1.82. The number of piperidine rings is 1. The number of aryl methyl sites for hydroxylation is 4. The van der Waals surface area contributed by atoms with Crippen LogP contribution in [0.5, 0.6) is 5.75 Å². The fourth-order valence-corrected chi connectivity index (χ4v) is 5.53. The molecule has 2 heterocycles. The van der Waals surface area contributed by atoms with Crippen LogP contribution < -0.4 is 9.64 Å². The highest BCUT2D eigenvalue weighted by Gasteiger charge is 2.39. The van der Waals surface area contributed by atoms with Crippen LogP contribution in [0.25, 0.3) is 11.4 Å². The van der Waals surface area contributed by atoms with Crippen LogP contribution in [-0.2, 0) is 24.2 Å². The van der Waals surface area contributed by atoms with Crippen molar-refractivity contribution in [3.8, 4) is 17.1 Å². The third kappa shape index (κ3) is 5.95. The summed E-state index contributed by atoms with van der Waals surface area (Å²) in [4.78, 5) is 24.6. The molecule has 3 aromatic rings. The molecule has 0 saturated carbocycles. The Morgan fingerprint density at radius 2 is 1.79 bits per heavy atom. The predicted molar refractivity (Wildman–Crippen MR) is 158 cm³/mol. The highest BCUT2D eigenvalue weighted by atomic mass is 16.5. The third-order valence-electron chi connectivity index (χ3n) is 8.18. The molecule has 208 valence electrons. The number of aliphatic carboxylic acids is 1. The molecule has 6 nitrogen and oxygen atoms in total. The second-order valence-electron chi connectivity index (χ2n) is 11.5. The van der Waals surface area contributed by atoms with Gasteiger partial charge in [-0.05, 0) is 80.7 Å². The molecule has 6 heteroatoms. The molecular weight excluding hydrogens is 486 g/mol. The highest BCUT2D eigenvalue weighted by Crippen LogP contribution is 2.36. The molecule has 0 bridgehead atoms. The number of ether oxygens (including phenoxy) is 1. The SMILES string of the molecule is CCc1cccc(CC)c1-c1nc(C)c(COc2cc(C(C)C)ccc2C)c(N2CCC[C@@](C)(C(=O)O)C2)n1. The van der Waals surface area contributed by atoms with Gasteiger partial charge in [0.2, 0.25) is 0 Å². The number of carboxylic acids is 1. The van der Waals surface area contributed by atoms with Crippen LogP contribution in [0.4, 0.5) is 5.82 Å². The maximum Gasteiger partial charge on any atom is 0.311 e. The zero-order valence-electron chi connectivity index (χ0n) is 24.6. The summed E-state index contributed by atoms with van der Waals surface area (Å²) in [5.74, 6) is 1.99. The molecule has 0 amide bonds. The highest BCUT2D eigenvalue weighted by molar-refractivity contribution is 5.76. The molecular formula is C33H43N3O3. The van der Waals surface area contributed by atoms with Crippen LogP contribution in [0.3, 0.4) is 0 Å². The van der Waals surface area contributed by atoms with Crippen LogP contribution in [0, 0.1) is 19.3 Å². The van der Waals surface area contributed by atoms with E-state index < -0.39 is 11.4 Å². The smallest absolute Gasteiger partial charge is 0.311 e. The van der Waals surface area contributed by atoms with Gasteiger partial charge in [-0.25, -0.2) is 9.97 Å². The van der Waals surface area contributed by atoms with Crippen molar-refractivity contribution in [3.63, 3.8) is 0 Å². The predicted octanol–water partition coefficient (Wildman–Crippen LogP) is 7.28. The van der Waals surface area contributed by atoms with E-state index in [4.69, 9.17) is 14.7 Å². The van der Waals surface area contributed by atoms with Crippen LogP contribution in [0.1, 0.15) is 86.9 Å². The molecule has 2 aromatic carbocycles. The average molecular weight is 530 g/mol. The zero-order chi connectivity index (χ0) is 28.3. The Morgan fingerprint density at radius 3 is 2.41 bits per heavy atom. The fraction of sp³-hybridized carbons (Fsp3) is 0.485. The normalized spacial score (nSPS) is 17.5. The van der Waals surface area contributed by atoms with Gasteiger partial charge in [0.15, 0.2) is 5.82 Å². The van der Waals surface area contributed by atoms with E-state index in [0.29, 0.717) is 31.3 Å². The zero-order valence-corrected chi connectivity index (χ0v) is 24.6. The molecule has 4 rings (SSSR count). The summed E-state index contributed by atoms with van der Waals surface area (Å²) in [6.07, 6.45) is 3.22. The monoisotopic (exact) mass is 529 g/mol. The lowest BCUT2D eigenvalue weighted by atomic mass is 9.82. The van der Waals surface area contributed by atoms with Crippen LogP contribution in [-0.4, -0.2) is 34.1 Å². The second-order valence-corrected chi connectivity index (χ2v) is 11.5. The van der Waals surface area contributed by atoms with Gasteiger partial charge in [0.05, 0.1) is 16.7 Å². The van der Waals surface area contributed by atoms with Gasteiger partial charge in [0.25, 0.3) is 0 Å². The minimum Gasteiger partial charge on any atom is -0.488 e. The van der Waals surface area contributed by atoms with Gasteiger partial charge in [-0.15, -0.1) is 0 Å².